The Hall–Kier alpha value is -1.53. The van der Waals surface area contributed by atoms with Crippen LogP contribution in [-0.2, 0) is 18.3 Å². The SMILES string of the molecule is Cn1cnc(CC(F)(F)C(=O)O)n1. The van der Waals surface area contributed by atoms with E-state index < -0.39 is 18.3 Å². The van der Waals surface area contributed by atoms with E-state index in [0.29, 0.717) is 0 Å². The number of carboxylic acids is 1. The molecule has 0 amide bonds. The van der Waals surface area contributed by atoms with Gasteiger partial charge in [0.1, 0.15) is 6.33 Å². The quantitative estimate of drug-likeness (QED) is 0.734. The van der Waals surface area contributed by atoms with Crippen LogP contribution in [0.25, 0.3) is 0 Å². The maximum absolute atomic E-state index is 12.6. The second-order valence-corrected chi connectivity index (χ2v) is 2.52. The third-order valence-corrected chi connectivity index (χ3v) is 1.34. The third-order valence-electron chi connectivity index (χ3n) is 1.34. The zero-order valence-electron chi connectivity index (χ0n) is 6.74. The number of hydrogen-bond donors (Lipinski definition) is 1. The van der Waals surface area contributed by atoms with Crippen molar-refractivity contribution in [1.29, 1.82) is 0 Å². The lowest BCUT2D eigenvalue weighted by atomic mass is 10.2. The lowest BCUT2D eigenvalue weighted by molar-refractivity contribution is -0.164. The van der Waals surface area contributed by atoms with Crippen molar-refractivity contribution in [1.82, 2.24) is 14.8 Å². The highest BCUT2D eigenvalue weighted by atomic mass is 19.3. The molecule has 1 rings (SSSR count). The molecule has 0 unspecified atom stereocenters. The number of aliphatic carboxylic acids is 1. The molecular formula is C6H7F2N3O2. The van der Waals surface area contributed by atoms with Crippen LogP contribution in [0.15, 0.2) is 6.33 Å². The Bertz CT molecular complexity index is 323. The summed E-state index contributed by atoms with van der Waals surface area (Å²) in [5.74, 6) is -6.16. The maximum atomic E-state index is 12.6. The Morgan fingerprint density at radius 1 is 1.77 bits per heavy atom. The van der Waals surface area contributed by atoms with Gasteiger partial charge in [0.05, 0.1) is 6.42 Å². The molecule has 0 aliphatic heterocycles. The molecule has 0 saturated heterocycles. The van der Waals surface area contributed by atoms with Crippen molar-refractivity contribution in [2.24, 2.45) is 7.05 Å². The number of nitrogens with zero attached hydrogens (tertiary/aromatic N) is 3. The minimum absolute atomic E-state index is 0.185. The summed E-state index contributed by atoms with van der Waals surface area (Å²) in [6.45, 7) is 0. The molecule has 1 N–H and O–H groups in total. The molecule has 0 spiro atoms. The summed E-state index contributed by atoms with van der Waals surface area (Å²) in [5.41, 5.74) is 0. The highest BCUT2D eigenvalue weighted by Crippen LogP contribution is 2.17. The first-order chi connectivity index (χ1) is 5.92. The van der Waals surface area contributed by atoms with Gasteiger partial charge >= 0.3 is 11.9 Å². The van der Waals surface area contributed by atoms with Gasteiger partial charge in [-0.2, -0.15) is 13.9 Å². The van der Waals surface area contributed by atoms with Crippen molar-refractivity contribution in [2.45, 2.75) is 12.3 Å². The number of rotatable bonds is 3. The second-order valence-electron chi connectivity index (χ2n) is 2.52. The first-order valence-electron chi connectivity index (χ1n) is 3.37. The predicted molar refractivity (Wildman–Crippen MR) is 37.3 cm³/mol. The molecule has 0 aliphatic rings. The number of alkyl halides is 2. The number of carbonyl (C=O) groups is 1. The van der Waals surface area contributed by atoms with Crippen molar-refractivity contribution >= 4 is 5.97 Å². The monoisotopic (exact) mass is 191 g/mol. The molecule has 0 fully saturated rings. The van der Waals surface area contributed by atoms with Gasteiger partial charge in [0.25, 0.3) is 0 Å². The lowest BCUT2D eigenvalue weighted by Gasteiger charge is -2.07. The van der Waals surface area contributed by atoms with E-state index in [9.17, 15) is 13.6 Å². The van der Waals surface area contributed by atoms with Gasteiger partial charge in [-0.05, 0) is 0 Å². The number of hydrogen-bond acceptors (Lipinski definition) is 3. The van der Waals surface area contributed by atoms with Crippen molar-refractivity contribution in [2.75, 3.05) is 0 Å². The van der Waals surface area contributed by atoms with E-state index in [-0.39, 0.29) is 5.82 Å². The molecule has 0 aliphatic carbocycles. The molecule has 1 aromatic heterocycles. The number of halogens is 2. The van der Waals surface area contributed by atoms with Crippen LogP contribution in [0.2, 0.25) is 0 Å². The molecule has 0 saturated carbocycles. The summed E-state index contributed by atoms with van der Waals surface area (Å²) < 4.78 is 26.3. The van der Waals surface area contributed by atoms with Gasteiger partial charge in [0.15, 0.2) is 5.82 Å². The zero-order chi connectivity index (χ0) is 10.1. The Kier molecular flexibility index (Phi) is 2.26. The summed E-state index contributed by atoms with van der Waals surface area (Å²) in [5, 5.41) is 11.6. The van der Waals surface area contributed by atoms with Crippen LogP contribution in [0.1, 0.15) is 5.82 Å². The number of carboxylic acid groups (broad SMARTS) is 1. The molecule has 0 aromatic carbocycles. The van der Waals surface area contributed by atoms with Gasteiger partial charge in [-0.25, -0.2) is 9.78 Å². The molecule has 1 aromatic rings. The molecule has 1 heterocycles. The van der Waals surface area contributed by atoms with Crippen LogP contribution in [0.5, 0.6) is 0 Å². The number of aromatic nitrogens is 3. The Balaban J connectivity index is 2.74. The average Bonchev–Trinajstić information content (AvgIpc) is 2.34. The van der Waals surface area contributed by atoms with E-state index in [1.165, 1.54) is 18.1 Å². The van der Waals surface area contributed by atoms with Gasteiger partial charge in [-0.15, -0.1) is 0 Å². The maximum Gasteiger partial charge on any atom is 0.375 e. The Morgan fingerprint density at radius 2 is 2.38 bits per heavy atom. The van der Waals surface area contributed by atoms with Crippen molar-refractivity contribution < 1.29 is 18.7 Å². The van der Waals surface area contributed by atoms with Crippen LogP contribution < -0.4 is 0 Å². The first-order valence-corrected chi connectivity index (χ1v) is 3.37. The highest BCUT2D eigenvalue weighted by Gasteiger charge is 2.40. The minimum Gasteiger partial charge on any atom is -0.477 e. The average molecular weight is 191 g/mol. The standard InChI is InChI=1S/C6H7F2N3O2/c1-11-3-9-4(10-11)2-6(7,8)5(12)13/h3H,2H2,1H3,(H,12,13). The van der Waals surface area contributed by atoms with Crippen molar-refractivity contribution in [3.63, 3.8) is 0 Å². The lowest BCUT2D eigenvalue weighted by Crippen LogP contribution is -2.31. The molecule has 13 heavy (non-hydrogen) atoms. The van der Waals surface area contributed by atoms with E-state index in [0.717, 1.165) is 0 Å². The van der Waals surface area contributed by atoms with Crippen LogP contribution in [0.3, 0.4) is 0 Å². The van der Waals surface area contributed by atoms with Gasteiger partial charge < -0.3 is 5.11 Å². The van der Waals surface area contributed by atoms with Gasteiger partial charge in [0.2, 0.25) is 0 Å². The smallest absolute Gasteiger partial charge is 0.375 e. The summed E-state index contributed by atoms with van der Waals surface area (Å²) in [6.07, 6.45) is 0.246. The predicted octanol–water partition coefficient (Wildman–Crippen LogP) is 0.0775. The topological polar surface area (TPSA) is 68.0 Å². The van der Waals surface area contributed by atoms with Crippen LogP contribution in [0, 0.1) is 0 Å². The van der Waals surface area contributed by atoms with Crippen LogP contribution in [-0.4, -0.2) is 31.8 Å². The fraction of sp³-hybridized carbons (Fsp3) is 0.500. The molecular weight excluding hydrogens is 184 g/mol. The van der Waals surface area contributed by atoms with E-state index in [1.54, 1.807) is 0 Å². The van der Waals surface area contributed by atoms with Gasteiger partial charge in [0, 0.05) is 7.05 Å². The molecule has 72 valence electrons. The summed E-state index contributed by atoms with van der Waals surface area (Å²) in [7, 11) is 1.51. The van der Waals surface area contributed by atoms with Crippen LogP contribution >= 0.6 is 0 Å². The van der Waals surface area contributed by atoms with Gasteiger partial charge in [-0.3, -0.25) is 4.68 Å². The molecule has 0 atom stereocenters. The van der Waals surface area contributed by atoms with E-state index >= 15 is 0 Å². The molecule has 0 bridgehead atoms. The Morgan fingerprint density at radius 3 is 2.77 bits per heavy atom. The fourth-order valence-electron chi connectivity index (χ4n) is 0.739. The summed E-state index contributed by atoms with van der Waals surface area (Å²) >= 11 is 0. The van der Waals surface area contributed by atoms with Crippen LogP contribution in [0.4, 0.5) is 8.78 Å². The summed E-state index contributed by atoms with van der Waals surface area (Å²) in [6, 6.07) is 0. The third kappa shape index (κ3) is 2.20. The van der Waals surface area contributed by atoms with E-state index in [1.807, 2.05) is 0 Å². The second kappa shape index (κ2) is 3.08. The van der Waals surface area contributed by atoms with E-state index in [2.05, 4.69) is 10.1 Å². The number of aryl methyl sites for hydroxylation is 1. The minimum atomic E-state index is -3.80. The van der Waals surface area contributed by atoms with Gasteiger partial charge in [-0.1, -0.05) is 0 Å². The normalized spacial score (nSPS) is 11.6. The molecule has 0 radical (unpaired) electrons. The molecule has 5 nitrogen and oxygen atoms in total. The summed E-state index contributed by atoms with van der Waals surface area (Å²) in [4.78, 5) is 13.5. The zero-order valence-corrected chi connectivity index (χ0v) is 6.74. The highest BCUT2D eigenvalue weighted by molar-refractivity contribution is 5.75. The first kappa shape index (κ1) is 9.56. The largest absolute Gasteiger partial charge is 0.477 e. The molecule has 7 heteroatoms. The van der Waals surface area contributed by atoms with Crippen molar-refractivity contribution in [3.8, 4) is 0 Å². The van der Waals surface area contributed by atoms with E-state index in [4.69, 9.17) is 5.11 Å². The van der Waals surface area contributed by atoms with Crippen molar-refractivity contribution in [3.05, 3.63) is 12.2 Å². The Labute approximate surface area is 72.0 Å². The fourth-order valence-corrected chi connectivity index (χ4v) is 0.739.